The molecule has 15 heteroatoms. The highest BCUT2D eigenvalue weighted by Crippen LogP contribution is 2.27. The number of carbonyl (C=O) groups is 2. The topological polar surface area (TPSA) is 117 Å². The first kappa shape index (κ1) is 24.9. The third kappa shape index (κ3) is 6.58. The summed E-state index contributed by atoms with van der Waals surface area (Å²) in [7, 11) is -5.62. The highest BCUT2D eigenvalue weighted by molar-refractivity contribution is 7.90. The summed E-state index contributed by atoms with van der Waals surface area (Å²) in [5, 5.41) is 3.30. The molecule has 0 aliphatic carbocycles. The van der Waals surface area contributed by atoms with Crippen molar-refractivity contribution in [3.63, 3.8) is 0 Å². The van der Waals surface area contributed by atoms with Crippen LogP contribution in [-0.2, 0) is 10.0 Å². The van der Waals surface area contributed by atoms with Gasteiger partial charge in [0.05, 0.1) is 16.6 Å². The third-order valence-corrected chi connectivity index (χ3v) is 5.62. The van der Waals surface area contributed by atoms with E-state index in [9.17, 15) is 35.6 Å². The molecule has 1 atom stereocenters. The van der Waals surface area contributed by atoms with E-state index in [0.717, 1.165) is 24.1 Å². The number of hydrazine groups is 1. The molecule has 0 radical (unpaired) electrons. The maximum absolute atomic E-state index is 14.1. The van der Waals surface area contributed by atoms with Crippen molar-refractivity contribution in [2.24, 2.45) is 0 Å². The second kappa shape index (κ2) is 9.87. The fourth-order valence-electron chi connectivity index (χ4n) is 2.47. The number of carbonyl (C=O) groups excluding carboxylic acids is 2. The van der Waals surface area contributed by atoms with Crippen LogP contribution in [0.15, 0.2) is 12.1 Å². The number of nitrogens with one attached hydrogen (secondary N) is 3. The Bertz CT molecular complexity index is 945. The molecule has 1 saturated heterocycles. The van der Waals surface area contributed by atoms with Gasteiger partial charge in [0.15, 0.2) is 11.6 Å². The van der Waals surface area contributed by atoms with Crippen molar-refractivity contribution in [1.29, 1.82) is 0 Å². The molecule has 1 aromatic rings. The van der Waals surface area contributed by atoms with Crippen LogP contribution >= 0.6 is 11.6 Å². The monoisotopic (exact) mass is 490 g/mol. The number of ether oxygens (including phenoxy) is 1. The zero-order valence-electron chi connectivity index (χ0n) is 16.1. The van der Waals surface area contributed by atoms with Gasteiger partial charge in [-0.25, -0.2) is 27.3 Å². The molecule has 1 aliphatic heterocycles. The van der Waals surface area contributed by atoms with Crippen LogP contribution in [0, 0.1) is 5.82 Å². The molecule has 1 aliphatic rings. The quantitative estimate of drug-likeness (QED) is 0.506. The Hall–Kier alpha value is -2.32. The zero-order valence-corrected chi connectivity index (χ0v) is 17.6. The van der Waals surface area contributed by atoms with Gasteiger partial charge in [-0.1, -0.05) is 11.6 Å². The van der Waals surface area contributed by atoms with E-state index in [1.54, 1.807) is 0 Å². The van der Waals surface area contributed by atoms with Gasteiger partial charge in [0.25, 0.3) is 5.91 Å². The van der Waals surface area contributed by atoms with Crippen LogP contribution in [-0.4, -0.2) is 56.6 Å². The minimum atomic E-state index is -5.62. The van der Waals surface area contributed by atoms with Crippen LogP contribution in [0.5, 0.6) is 5.75 Å². The largest absolute Gasteiger partial charge is 0.511 e. The molecular weight excluding hydrogens is 472 g/mol. The minimum Gasteiger partial charge on any atom is -0.489 e. The van der Waals surface area contributed by atoms with Crippen molar-refractivity contribution < 1.29 is 40.3 Å². The molecule has 3 amide bonds. The van der Waals surface area contributed by atoms with E-state index < -0.39 is 51.7 Å². The molecule has 2 rings (SSSR count). The maximum Gasteiger partial charge on any atom is 0.511 e. The number of alkyl halides is 3. The Morgan fingerprint density at radius 2 is 2.03 bits per heavy atom. The van der Waals surface area contributed by atoms with Gasteiger partial charge in [0.1, 0.15) is 6.61 Å². The Kier molecular flexibility index (Phi) is 7.94. The molecule has 9 nitrogen and oxygen atoms in total. The van der Waals surface area contributed by atoms with Crippen LogP contribution in [0.2, 0.25) is 5.02 Å². The SMILES string of the molecule is C[C@@H](COc1cc(C(=O)NN2CCCCNC2=O)c(Cl)cc1F)NS(=O)(=O)C(F)(F)F. The van der Waals surface area contributed by atoms with Crippen LogP contribution < -0.4 is 20.2 Å². The average Bonchev–Trinajstić information content (AvgIpc) is 2.84. The molecule has 1 aromatic carbocycles. The first-order chi connectivity index (χ1) is 14.3. The molecule has 0 spiro atoms. The maximum atomic E-state index is 14.1. The number of halogens is 5. The number of hydrogen-bond donors (Lipinski definition) is 3. The second-order valence-electron chi connectivity index (χ2n) is 6.57. The number of rotatable bonds is 7. The summed E-state index contributed by atoms with van der Waals surface area (Å²) in [6, 6.07) is -0.266. The molecule has 0 bridgehead atoms. The molecule has 0 aromatic heterocycles. The highest BCUT2D eigenvalue weighted by atomic mass is 35.5. The summed E-state index contributed by atoms with van der Waals surface area (Å²) in [4.78, 5) is 24.4. The van der Waals surface area contributed by atoms with Gasteiger partial charge in [0.2, 0.25) is 0 Å². The lowest BCUT2D eigenvalue weighted by Gasteiger charge is -2.21. The first-order valence-corrected chi connectivity index (χ1v) is 10.7. The Morgan fingerprint density at radius 3 is 2.68 bits per heavy atom. The van der Waals surface area contributed by atoms with Crippen molar-refractivity contribution in [2.45, 2.75) is 31.3 Å². The van der Waals surface area contributed by atoms with Crippen molar-refractivity contribution in [3.05, 3.63) is 28.5 Å². The fraction of sp³-hybridized carbons (Fsp3) is 0.500. The van der Waals surface area contributed by atoms with E-state index >= 15 is 0 Å². The number of sulfonamides is 1. The molecule has 1 heterocycles. The average molecular weight is 491 g/mol. The van der Waals surface area contributed by atoms with E-state index in [4.69, 9.17) is 16.3 Å². The molecule has 0 unspecified atom stereocenters. The van der Waals surface area contributed by atoms with Crippen molar-refractivity contribution in [3.8, 4) is 5.75 Å². The van der Waals surface area contributed by atoms with E-state index in [1.807, 2.05) is 0 Å². The smallest absolute Gasteiger partial charge is 0.489 e. The van der Waals surface area contributed by atoms with Gasteiger partial charge >= 0.3 is 21.6 Å². The lowest BCUT2D eigenvalue weighted by molar-refractivity contribution is -0.0451. The predicted octanol–water partition coefficient (Wildman–Crippen LogP) is 2.14. The zero-order chi connectivity index (χ0) is 23.4. The number of benzene rings is 1. The van der Waals surface area contributed by atoms with Crippen LogP contribution in [0.1, 0.15) is 30.1 Å². The van der Waals surface area contributed by atoms with Gasteiger partial charge in [-0.15, -0.1) is 0 Å². The van der Waals surface area contributed by atoms with Gasteiger partial charge in [-0.2, -0.15) is 13.2 Å². The minimum absolute atomic E-state index is 0.233. The lowest BCUT2D eigenvalue weighted by Crippen LogP contribution is -2.49. The summed E-state index contributed by atoms with van der Waals surface area (Å²) < 4.78 is 79.9. The Labute approximate surface area is 180 Å². The van der Waals surface area contributed by atoms with Crippen LogP contribution in [0.25, 0.3) is 0 Å². The van der Waals surface area contributed by atoms with Crippen molar-refractivity contribution in [1.82, 2.24) is 20.5 Å². The molecule has 1 fully saturated rings. The number of urea groups is 1. The molecular formula is C16H19ClF4N4O5S. The summed E-state index contributed by atoms with van der Waals surface area (Å²) in [6.45, 7) is 1.07. The van der Waals surface area contributed by atoms with Crippen molar-refractivity contribution in [2.75, 3.05) is 19.7 Å². The summed E-state index contributed by atoms with van der Waals surface area (Å²) >= 11 is 5.89. The molecule has 0 saturated carbocycles. The van der Waals surface area contributed by atoms with Crippen LogP contribution in [0.3, 0.4) is 0 Å². The van der Waals surface area contributed by atoms with Gasteiger partial charge in [-0.3, -0.25) is 10.2 Å². The normalized spacial score (nSPS) is 16.3. The molecule has 31 heavy (non-hydrogen) atoms. The highest BCUT2D eigenvalue weighted by Gasteiger charge is 2.46. The number of nitrogens with zero attached hydrogens (tertiary/aromatic N) is 1. The molecule has 174 valence electrons. The summed E-state index contributed by atoms with van der Waals surface area (Å²) in [5.74, 6) is -2.43. The second-order valence-corrected chi connectivity index (χ2v) is 8.69. The third-order valence-electron chi connectivity index (χ3n) is 3.98. The standard InChI is InChI=1S/C16H19ClF4N4O5S/c1-9(24-31(28,29)16(19,20)21)8-30-13-6-10(11(17)7-12(13)18)14(26)23-25-5-3-2-4-22-15(25)27/h6-7,9,24H,2-5,8H2,1H3,(H,22,27)(H,23,26)/t9-/m0/s1. The van der Waals surface area contributed by atoms with Crippen molar-refractivity contribution >= 4 is 33.6 Å². The van der Waals surface area contributed by atoms with Gasteiger partial charge in [-0.05, 0) is 31.9 Å². The van der Waals surface area contributed by atoms with E-state index in [-0.39, 0.29) is 17.1 Å². The van der Waals surface area contributed by atoms with E-state index in [2.05, 4.69) is 10.7 Å². The Morgan fingerprint density at radius 1 is 1.35 bits per heavy atom. The fourth-order valence-corrected chi connectivity index (χ4v) is 3.44. The van der Waals surface area contributed by atoms with Crippen LogP contribution in [0.4, 0.5) is 22.4 Å². The van der Waals surface area contributed by atoms with Gasteiger partial charge < -0.3 is 10.1 Å². The van der Waals surface area contributed by atoms with E-state index in [1.165, 1.54) is 4.72 Å². The molecule has 3 N–H and O–H groups in total. The number of amides is 3. The lowest BCUT2D eigenvalue weighted by atomic mass is 10.2. The predicted molar refractivity (Wildman–Crippen MR) is 101 cm³/mol. The van der Waals surface area contributed by atoms with E-state index in [0.29, 0.717) is 19.4 Å². The summed E-state index contributed by atoms with van der Waals surface area (Å²) in [6.07, 6.45) is 1.33. The van der Waals surface area contributed by atoms with Gasteiger partial charge in [0, 0.05) is 13.1 Å². The number of hydrogen-bond acceptors (Lipinski definition) is 5. The summed E-state index contributed by atoms with van der Waals surface area (Å²) in [5.41, 5.74) is -3.45. The Balaban J connectivity index is 2.10. The first-order valence-electron chi connectivity index (χ1n) is 8.88.